The van der Waals surface area contributed by atoms with Crippen molar-refractivity contribution in [2.75, 3.05) is 13.2 Å². The first-order valence-electron chi connectivity index (χ1n) is 7.24. The summed E-state index contributed by atoms with van der Waals surface area (Å²) in [5.41, 5.74) is 0. The number of ether oxygens (including phenoxy) is 1. The van der Waals surface area contributed by atoms with E-state index in [9.17, 15) is 0 Å². The molecule has 0 aromatic carbocycles. The summed E-state index contributed by atoms with van der Waals surface area (Å²) < 4.78 is 6.92. The Morgan fingerprint density at radius 1 is 1.47 bits per heavy atom. The minimum Gasteiger partial charge on any atom is -0.378 e. The molecule has 2 nitrogen and oxygen atoms in total. The quantitative estimate of drug-likeness (QED) is 0.774. The number of halogens is 1. The van der Waals surface area contributed by atoms with E-state index in [0.717, 1.165) is 19.1 Å². The standard InChI is InChI=1S/C15H24BrNOS/c1-4-17-14(15-13(16)6-10(3)19-15)9-11-7-12(8-11)18-5-2/h6,11-12,14,17H,4-5,7-9H2,1-3H3. The first-order chi connectivity index (χ1) is 9.13. The van der Waals surface area contributed by atoms with E-state index in [4.69, 9.17) is 4.74 Å². The summed E-state index contributed by atoms with van der Waals surface area (Å²) in [6.07, 6.45) is 4.22. The highest BCUT2D eigenvalue weighted by Crippen LogP contribution is 2.40. The molecule has 1 aliphatic carbocycles. The molecule has 0 aliphatic heterocycles. The molecular weight excluding hydrogens is 322 g/mol. The van der Waals surface area contributed by atoms with Crippen LogP contribution >= 0.6 is 27.3 Å². The zero-order chi connectivity index (χ0) is 13.8. The van der Waals surface area contributed by atoms with Crippen molar-refractivity contribution >= 4 is 27.3 Å². The smallest absolute Gasteiger partial charge is 0.0580 e. The average molecular weight is 346 g/mol. The summed E-state index contributed by atoms with van der Waals surface area (Å²) in [7, 11) is 0. The third-order valence-electron chi connectivity index (χ3n) is 3.77. The lowest BCUT2D eigenvalue weighted by molar-refractivity contribution is -0.0290. The monoisotopic (exact) mass is 345 g/mol. The van der Waals surface area contributed by atoms with Crippen LogP contribution in [0, 0.1) is 12.8 Å². The molecule has 0 bridgehead atoms. The van der Waals surface area contributed by atoms with Crippen molar-refractivity contribution in [1.82, 2.24) is 5.32 Å². The minimum atomic E-state index is 0.491. The van der Waals surface area contributed by atoms with Crippen molar-refractivity contribution in [3.05, 3.63) is 20.3 Å². The number of aryl methyl sites for hydroxylation is 1. The summed E-state index contributed by atoms with van der Waals surface area (Å²) in [5.74, 6) is 0.815. The van der Waals surface area contributed by atoms with Gasteiger partial charge in [0.25, 0.3) is 0 Å². The van der Waals surface area contributed by atoms with Gasteiger partial charge in [-0.1, -0.05) is 6.92 Å². The molecule has 1 N–H and O–H groups in total. The Balaban J connectivity index is 1.92. The van der Waals surface area contributed by atoms with Gasteiger partial charge in [-0.3, -0.25) is 0 Å². The Morgan fingerprint density at radius 3 is 2.74 bits per heavy atom. The highest BCUT2D eigenvalue weighted by Gasteiger charge is 2.32. The van der Waals surface area contributed by atoms with Gasteiger partial charge in [0, 0.05) is 26.9 Å². The minimum absolute atomic E-state index is 0.491. The van der Waals surface area contributed by atoms with E-state index in [1.54, 1.807) is 0 Å². The van der Waals surface area contributed by atoms with Gasteiger partial charge in [0.1, 0.15) is 0 Å². The van der Waals surface area contributed by atoms with Gasteiger partial charge < -0.3 is 10.1 Å². The molecule has 1 fully saturated rings. The van der Waals surface area contributed by atoms with E-state index in [2.05, 4.69) is 48.1 Å². The second-order valence-electron chi connectivity index (χ2n) is 5.33. The molecule has 1 saturated carbocycles. The van der Waals surface area contributed by atoms with Crippen molar-refractivity contribution in [3.63, 3.8) is 0 Å². The van der Waals surface area contributed by atoms with Crippen molar-refractivity contribution in [2.45, 2.75) is 52.2 Å². The fourth-order valence-electron chi connectivity index (χ4n) is 2.84. The van der Waals surface area contributed by atoms with Gasteiger partial charge in [0.05, 0.1) is 6.10 Å². The Morgan fingerprint density at radius 2 is 2.21 bits per heavy atom. The molecule has 4 heteroatoms. The molecule has 108 valence electrons. The topological polar surface area (TPSA) is 21.3 Å². The molecule has 0 spiro atoms. The number of rotatable bonds is 7. The molecule has 1 atom stereocenters. The molecule has 1 unspecified atom stereocenters. The lowest BCUT2D eigenvalue weighted by atomic mass is 9.78. The lowest BCUT2D eigenvalue weighted by Crippen LogP contribution is -2.34. The Hall–Kier alpha value is 0.100. The lowest BCUT2D eigenvalue weighted by Gasteiger charge is -2.37. The summed E-state index contributed by atoms with van der Waals surface area (Å²) >= 11 is 5.61. The van der Waals surface area contributed by atoms with Crippen LogP contribution in [0.25, 0.3) is 0 Å². The maximum absolute atomic E-state index is 5.66. The normalized spacial score (nSPS) is 24.2. The maximum Gasteiger partial charge on any atom is 0.0580 e. The van der Waals surface area contributed by atoms with Gasteiger partial charge in [0.2, 0.25) is 0 Å². The molecular formula is C15H24BrNOS. The van der Waals surface area contributed by atoms with Gasteiger partial charge in [-0.25, -0.2) is 0 Å². The molecule has 1 aliphatic rings. The van der Waals surface area contributed by atoms with Crippen LogP contribution in [-0.2, 0) is 4.74 Å². The van der Waals surface area contributed by atoms with Crippen molar-refractivity contribution in [2.24, 2.45) is 5.92 Å². The van der Waals surface area contributed by atoms with Crippen LogP contribution in [0.1, 0.15) is 48.9 Å². The Labute approximate surface area is 129 Å². The summed E-state index contributed by atoms with van der Waals surface area (Å²) in [6.45, 7) is 8.32. The summed E-state index contributed by atoms with van der Waals surface area (Å²) in [4.78, 5) is 2.84. The van der Waals surface area contributed by atoms with Crippen LogP contribution in [0.3, 0.4) is 0 Å². The summed E-state index contributed by atoms with van der Waals surface area (Å²) in [5, 5.41) is 3.64. The van der Waals surface area contributed by atoms with E-state index in [1.165, 1.54) is 33.5 Å². The Bertz CT molecular complexity index is 401. The van der Waals surface area contributed by atoms with Crippen LogP contribution in [-0.4, -0.2) is 19.3 Å². The van der Waals surface area contributed by atoms with E-state index >= 15 is 0 Å². The van der Waals surface area contributed by atoms with Crippen LogP contribution < -0.4 is 5.32 Å². The second kappa shape index (κ2) is 7.21. The van der Waals surface area contributed by atoms with Crippen LogP contribution in [0.2, 0.25) is 0 Å². The van der Waals surface area contributed by atoms with Gasteiger partial charge in [0.15, 0.2) is 0 Å². The fraction of sp³-hybridized carbons (Fsp3) is 0.733. The largest absolute Gasteiger partial charge is 0.378 e. The van der Waals surface area contributed by atoms with Crippen molar-refractivity contribution in [3.8, 4) is 0 Å². The van der Waals surface area contributed by atoms with Gasteiger partial charge in [-0.15, -0.1) is 11.3 Å². The number of nitrogens with one attached hydrogen (secondary N) is 1. The molecule has 2 rings (SSSR count). The van der Waals surface area contributed by atoms with E-state index < -0.39 is 0 Å². The highest BCUT2D eigenvalue weighted by molar-refractivity contribution is 9.10. The van der Waals surface area contributed by atoms with Gasteiger partial charge in [-0.05, 0) is 67.6 Å². The number of hydrogen-bond acceptors (Lipinski definition) is 3. The summed E-state index contributed by atoms with van der Waals surface area (Å²) in [6, 6.07) is 2.72. The first-order valence-corrected chi connectivity index (χ1v) is 8.85. The SMILES string of the molecule is CCNC(CC1CC(OCC)C1)c1sc(C)cc1Br. The van der Waals surface area contributed by atoms with Crippen molar-refractivity contribution in [1.29, 1.82) is 0 Å². The second-order valence-corrected chi connectivity index (χ2v) is 7.47. The van der Waals surface area contributed by atoms with Gasteiger partial charge in [-0.2, -0.15) is 0 Å². The number of hydrogen-bond donors (Lipinski definition) is 1. The zero-order valence-electron chi connectivity index (χ0n) is 12.0. The molecule has 1 aromatic heterocycles. The van der Waals surface area contributed by atoms with E-state index in [0.29, 0.717) is 12.1 Å². The first kappa shape index (κ1) is 15.5. The predicted octanol–water partition coefficient (Wildman–Crippen LogP) is 4.67. The van der Waals surface area contributed by atoms with E-state index in [-0.39, 0.29) is 0 Å². The third-order valence-corrected chi connectivity index (χ3v) is 5.85. The van der Waals surface area contributed by atoms with E-state index in [1.807, 2.05) is 11.3 Å². The van der Waals surface area contributed by atoms with Gasteiger partial charge >= 0.3 is 0 Å². The average Bonchev–Trinajstić information content (AvgIpc) is 2.64. The third kappa shape index (κ3) is 4.03. The maximum atomic E-state index is 5.66. The zero-order valence-corrected chi connectivity index (χ0v) is 14.4. The molecule has 1 heterocycles. The molecule has 0 radical (unpaired) electrons. The molecule has 0 amide bonds. The molecule has 0 saturated heterocycles. The fourth-order valence-corrected chi connectivity index (χ4v) is 4.86. The molecule has 1 aromatic rings. The number of thiophene rings is 1. The van der Waals surface area contributed by atoms with Crippen LogP contribution in [0.5, 0.6) is 0 Å². The molecule has 19 heavy (non-hydrogen) atoms. The Kier molecular flexibility index (Phi) is 5.87. The van der Waals surface area contributed by atoms with Crippen molar-refractivity contribution < 1.29 is 4.74 Å². The van der Waals surface area contributed by atoms with Crippen LogP contribution in [0.15, 0.2) is 10.5 Å². The highest BCUT2D eigenvalue weighted by atomic mass is 79.9. The predicted molar refractivity (Wildman–Crippen MR) is 85.9 cm³/mol. The van der Waals surface area contributed by atoms with Crippen LogP contribution in [0.4, 0.5) is 0 Å².